The van der Waals surface area contributed by atoms with Crippen molar-refractivity contribution in [2.45, 2.75) is 47.0 Å². The Balaban J connectivity index is 2.08. The summed E-state index contributed by atoms with van der Waals surface area (Å²) in [6.45, 7) is 15.4. The van der Waals surface area contributed by atoms with Gasteiger partial charge in [-0.1, -0.05) is 27.7 Å². The van der Waals surface area contributed by atoms with Crippen LogP contribution in [0.3, 0.4) is 0 Å². The van der Waals surface area contributed by atoms with Gasteiger partial charge in [0.05, 0.1) is 0 Å². The summed E-state index contributed by atoms with van der Waals surface area (Å²) >= 11 is 0. The van der Waals surface area contributed by atoms with Crippen LogP contribution in [0.2, 0.25) is 0 Å². The van der Waals surface area contributed by atoms with Crippen LogP contribution in [-0.4, -0.2) is 37.6 Å². The summed E-state index contributed by atoms with van der Waals surface area (Å²) in [5.41, 5.74) is 0.420. The summed E-state index contributed by atoms with van der Waals surface area (Å²) in [4.78, 5) is 2.61. The van der Waals surface area contributed by atoms with Crippen LogP contribution in [0.25, 0.3) is 0 Å². The molecule has 0 saturated carbocycles. The van der Waals surface area contributed by atoms with Gasteiger partial charge in [0.2, 0.25) is 0 Å². The molecule has 1 saturated heterocycles. The van der Waals surface area contributed by atoms with Crippen molar-refractivity contribution in [1.82, 2.24) is 10.2 Å². The molecule has 0 aromatic heterocycles. The zero-order valence-corrected chi connectivity index (χ0v) is 11.7. The summed E-state index contributed by atoms with van der Waals surface area (Å²) in [6, 6.07) is 0. The molecule has 1 N–H and O–H groups in total. The van der Waals surface area contributed by atoms with Gasteiger partial charge in [0.1, 0.15) is 0 Å². The Morgan fingerprint density at radius 3 is 2.31 bits per heavy atom. The lowest BCUT2D eigenvalue weighted by Crippen LogP contribution is -2.39. The van der Waals surface area contributed by atoms with E-state index in [2.05, 4.69) is 37.9 Å². The zero-order chi connectivity index (χ0) is 12.0. The third-order valence-electron chi connectivity index (χ3n) is 3.34. The average molecular weight is 226 g/mol. The molecule has 2 heteroatoms. The van der Waals surface area contributed by atoms with Crippen LogP contribution in [0.4, 0.5) is 0 Å². The van der Waals surface area contributed by atoms with Crippen molar-refractivity contribution in [1.29, 1.82) is 0 Å². The highest BCUT2D eigenvalue weighted by Crippen LogP contribution is 2.17. The SMILES string of the molecule is CCCN1CCC(CNCC(C)(C)C)CC1. The number of likely N-dealkylation sites (tertiary alicyclic amines) is 1. The monoisotopic (exact) mass is 226 g/mol. The van der Waals surface area contributed by atoms with E-state index in [9.17, 15) is 0 Å². The van der Waals surface area contributed by atoms with Crippen LogP contribution in [0.15, 0.2) is 0 Å². The smallest absolute Gasteiger partial charge is 0.000000930 e. The van der Waals surface area contributed by atoms with E-state index in [4.69, 9.17) is 0 Å². The number of piperidine rings is 1. The highest BCUT2D eigenvalue weighted by molar-refractivity contribution is 4.75. The van der Waals surface area contributed by atoms with Crippen LogP contribution in [-0.2, 0) is 0 Å². The van der Waals surface area contributed by atoms with Gasteiger partial charge in [0, 0.05) is 0 Å². The lowest BCUT2D eigenvalue weighted by atomic mass is 9.94. The topological polar surface area (TPSA) is 15.3 Å². The third-order valence-corrected chi connectivity index (χ3v) is 3.34. The first kappa shape index (κ1) is 14.0. The van der Waals surface area contributed by atoms with Gasteiger partial charge in [0.25, 0.3) is 0 Å². The summed E-state index contributed by atoms with van der Waals surface area (Å²) in [5, 5.41) is 3.62. The van der Waals surface area contributed by atoms with Crippen molar-refractivity contribution in [2.75, 3.05) is 32.7 Å². The molecule has 1 aliphatic heterocycles. The number of rotatable bonds is 5. The van der Waals surface area contributed by atoms with Gasteiger partial charge in [0.15, 0.2) is 0 Å². The Hall–Kier alpha value is -0.0800. The number of hydrogen-bond acceptors (Lipinski definition) is 2. The van der Waals surface area contributed by atoms with Crippen LogP contribution in [0.5, 0.6) is 0 Å². The van der Waals surface area contributed by atoms with E-state index in [1.54, 1.807) is 0 Å². The molecule has 1 rings (SSSR count). The van der Waals surface area contributed by atoms with Gasteiger partial charge < -0.3 is 10.2 Å². The molecule has 1 fully saturated rings. The fraction of sp³-hybridized carbons (Fsp3) is 1.00. The summed E-state index contributed by atoms with van der Waals surface area (Å²) in [5.74, 6) is 0.912. The fourth-order valence-corrected chi connectivity index (χ4v) is 2.38. The van der Waals surface area contributed by atoms with Crippen molar-refractivity contribution >= 4 is 0 Å². The predicted octanol–water partition coefficient (Wildman–Crippen LogP) is 2.74. The molecule has 0 aromatic rings. The van der Waals surface area contributed by atoms with Crippen LogP contribution in [0.1, 0.15) is 47.0 Å². The van der Waals surface area contributed by atoms with E-state index >= 15 is 0 Å². The first-order chi connectivity index (χ1) is 7.51. The van der Waals surface area contributed by atoms with Crippen LogP contribution >= 0.6 is 0 Å². The first-order valence-corrected chi connectivity index (χ1v) is 6.94. The van der Waals surface area contributed by atoms with Crippen LogP contribution in [0, 0.1) is 11.3 Å². The molecule has 0 unspecified atom stereocenters. The second-order valence-electron chi connectivity index (χ2n) is 6.48. The lowest BCUT2D eigenvalue weighted by molar-refractivity contribution is 0.180. The quantitative estimate of drug-likeness (QED) is 0.775. The molecule has 0 amide bonds. The average Bonchev–Trinajstić information content (AvgIpc) is 2.19. The number of nitrogens with one attached hydrogen (secondary N) is 1. The number of nitrogens with zero attached hydrogens (tertiary/aromatic N) is 1. The van der Waals surface area contributed by atoms with Gasteiger partial charge >= 0.3 is 0 Å². The van der Waals surface area contributed by atoms with Crippen molar-refractivity contribution < 1.29 is 0 Å². The van der Waals surface area contributed by atoms with E-state index in [1.807, 2.05) is 0 Å². The Morgan fingerprint density at radius 2 is 1.81 bits per heavy atom. The maximum absolute atomic E-state index is 3.62. The summed E-state index contributed by atoms with van der Waals surface area (Å²) in [7, 11) is 0. The molecule has 1 aliphatic rings. The fourth-order valence-electron chi connectivity index (χ4n) is 2.38. The number of hydrogen-bond donors (Lipinski definition) is 1. The Labute approximate surface area is 102 Å². The first-order valence-electron chi connectivity index (χ1n) is 6.94. The van der Waals surface area contributed by atoms with Crippen molar-refractivity contribution in [3.63, 3.8) is 0 Å². The van der Waals surface area contributed by atoms with Crippen molar-refractivity contribution in [2.24, 2.45) is 11.3 Å². The van der Waals surface area contributed by atoms with E-state index < -0.39 is 0 Å². The maximum Gasteiger partial charge on any atom is -0.000000930 e. The van der Waals surface area contributed by atoms with Gasteiger partial charge in [-0.3, -0.25) is 0 Å². The molecule has 1 heterocycles. The molecule has 96 valence electrons. The molecule has 0 aromatic carbocycles. The van der Waals surface area contributed by atoms with Gasteiger partial charge in [-0.05, 0) is 63.3 Å². The minimum absolute atomic E-state index is 0.420. The Kier molecular flexibility index (Phi) is 5.77. The molecule has 0 bridgehead atoms. The predicted molar refractivity (Wildman–Crippen MR) is 71.8 cm³/mol. The Morgan fingerprint density at radius 1 is 1.19 bits per heavy atom. The molecule has 0 radical (unpaired) electrons. The molecule has 16 heavy (non-hydrogen) atoms. The molecule has 0 aliphatic carbocycles. The third kappa shape index (κ3) is 5.86. The molecular weight excluding hydrogens is 196 g/mol. The van der Waals surface area contributed by atoms with Crippen molar-refractivity contribution in [3.8, 4) is 0 Å². The lowest BCUT2D eigenvalue weighted by Gasteiger charge is -2.32. The van der Waals surface area contributed by atoms with Crippen LogP contribution < -0.4 is 5.32 Å². The second kappa shape index (κ2) is 6.61. The van der Waals surface area contributed by atoms with E-state index in [-0.39, 0.29) is 0 Å². The molecule has 0 spiro atoms. The summed E-state index contributed by atoms with van der Waals surface area (Å²) < 4.78 is 0. The second-order valence-corrected chi connectivity index (χ2v) is 6.48. The molecule has 0 atom stereocenters. The Bertz CT molecular complexity index is 176. The minimum Gasteiger partial charge on any atom is -0.316 e. The van der Waals surface area contributed by atoms with Gasteiger partial charge in [-0.25, -0.2) is 0 Å². The highest BCUT2D eigenvalue weighted by Gasteiger charge is 2.18. The van der Waals surface area contributed by atoms with Gasteiger partial charge in [-0.2, -0.15) is 0 Å². The van der Waals surface area contributed by atoms with E-state index in [0.717, 1.165) is 12.5 Å². The normalized spacial score (nSPS) is 20.2. The summed E-state index contributed by atoms with van der Waals surface area (Å²) in [6.07, 6.45) is 4.07. The molecular formula is C14H30N2. The molecule has 2 nitrogen and oxygen atoms in total. The van der Waals surface area contributed by atoms with E-state index in [1.165, 1.54) is 45.4 Å². The minimum atomic E-state index is 0.420. The van der Waals surface area contributed by atoms with E-state index in [0.29, 0.717) is 5.41 Å². The zero-order valence-electron chi connectivity index (χ0n) is 11.7. The highest BCUT2D eigenvalue weighted by atomic mass is 15.1. The van der Waals surface area contributed by atoms with Gasteiger partial charge in [-0.15, -0.1) is 0 Å². The standard InChI is InChI=1S/C14H30N2/c1-5-8-16-9-6-13(7-10-16)11-15-12-14(2,3)4/h13,15H,5-12H2,1-4H3. The largest absolute Gasteiger partial charge is 0.316 e. The van der Waals surface area contributed by atoms with Crippen molar-refractivity contribution in [3.05, 3.63) is 0 Å². The maximum atomic E-state index is 3.62.